The molecule has 1 saturated carbocycles. The van der Waals surface area contributed by atoms with E-state index >= 15 is 0 Å². The summed E-state index contributed by atoms with van der Waals surface area (Å²) < 4.78 is 71.8. The molecule has 1 amide bonds. The van der Waals surface area contributed by atoms with Crippen LogP contribution in [-0.4, -0.2) is 28.2 Å². The largest absolute Gasteiger partial charge is 0.393 e. The smallest absolute Gasteiger partial charge is 0.352 e. The van der Waals surface area contributed by atoms with Crippen LogP contribution >= 0.6 is 0 Å². The van der Waals surface area contributed by atoms with Gasteiger partial charge in [0.05, 0.1) is 28.9 Å². The van der Waals surface area contributed by atoms with Gasteiger partial charge in [0.25, 0.3) is 0 Å². The average molecular weight is 513 g/mol. The van der Waals surface area contributed by atoms with Gasteiger partial charge in [-0.1, -0.05) is 66.9 Å². The number of aromatic amines is 1. The SMILES string of the molecule is C1CC1.CC.CC(C)(C)C(F)(F)F.CC(CC(=O)NCc1ccc2nc(CN)[nH]c2c1)C(F)(F)F. The van der Waals surface area contributed by atoms with Crippen molar-refractivity contribution in [2.75, 3.05) is 0 Å². The zero-order valence-electron chi connectivity index (χ0n) is 21.3. The van der Waals surface area contributed by atoms with Crippen LogP contribution in [0.4, 0.5) is 26.3 Å². The topological polar surface area (TPSA) is 83.8 Å². The van der Waals surface area contributed by atoms with Crippen molar-refractivity contribution in [1.29, 1.82) is 0 Å². The van der Waals surface area contributed by atoms with E-state index in [4.69, 9.17) is 5.73 Å². The minimum absolute atomic E-state index is 0.163. The first-order chi connectivity index (χ1) is 16.0. The summed E-state index contributed by atoms with van der Waals surface area (Å²) in [7, 11) is 0. The Hall–Kier alpha value is -2.30. The molecule has 0 spiro atoms. The molecule has 1 fully saturated rings. The lowest BCUT2D eigenvalue weighted by atomic mass is 9.96. The number of amides is 1. The molecule has 11 heteroatoms. The van der Waals surface area contributed by atoms with Crippen molar-refractivity contribution in [3.63, 3.8) is 0 Å². The number of imidazole rings is 1. The summed E-state index contributed by atoms with van der Waals surface area (Å²) in [6.07, 6.45) is -4.50. The zero-order valence-corrected chi connectivity index (χ0v) is 21.3. The standard InChI is InChI=1S/C14H17F3N4O.C5H9F3.C3H6.C2H6/c1-8(14(15,16)17)4-13(22)19-7-9-2-3-10-11(5-9)21-12(6-18)20-10;1-4(2,3)5(6,7)8;1-2-3-1;1-2/h2-3,5,8H,4,6-7,18H2,1H3,(H,19,22)(H,20,21);1-3H3;1-3H2;1-2H3. The van der Waals surface area contributed by atoms with Crippen LogP contribution in [-0.2, 0) is 17.9 Å². The lowest BCUT2D eigenvalue weighted by Crippen LogP contribution is -2.29. The molecule has 1 aromatic carbocycles. The normalized spacial score (nSPS) is 13.9. The van der Waals surface area contributed by atoms with Crippen molar-refractivity contribution in [3.05, 3.63) is 29.6 Å². The Morgan fingerprint density at radius 1 is 1.09 bits per heavy atom. The molecule has 5 nitrogen and oxygen atoms in total. The summed E-state index contributed by atoms with van der Waals surface area (Å²) in [5, 5.41) is 2.49. The Balaban J connectivity index is 0.000000732. The van der Waals surface area contributed by atoms with E-state index in [1.807, 2.05) is 13.8 Å². The Morgan fingerprint density at radius 2 is 1.60 bits per heavy atom. The number of benzene rings is 1. The lowest BCUT2D eigenvalue weighted by Gasteiger charge is -2.21. The summed E-state index contributed by atoms with van der Waals surface area (Å²) in [6, 6.07) is 5.32. The third kappa shape index (κ3) is 13.4. The van der Waals surface area contributed by atoms with Gasteiger partial charge in [-0.3, -0.25) is 4.79 Å². The molecule has 35 heavy (non-hydrogen) atoms. The maximum atomic E-state index is 12.4. The van der Waals surface area contributed by atoms with Gasteiger partial charge in [0, 0.05) is 13.0 Å². The van der Waals surface area contributed by atoms with Crippen molar-refractivity contribution < 1.29 is 31.1 Å². The number of hydrogen-bond acceptors (Lipinski definition) is 3. The number of carbonyl (C=O) groups is 1. The molecule has 4 N–H and O–H groups in total. The van der Waals surface area contributed by atoms with E-state index < -0.39 is 36.0 Å². The second-order valence-corrected chi connectivity index (χ2v) is 8.97. The molecule has 3 rings (SSSR count). The number of nitrogens with two attached hydrogens (primary N) is 1. The minimum atomic E-state index is -4.36. The van der Waals surface area contributed by atoms with Crippen LogP contribution in [0.1, 0.15) is 78.6 Å². The number of carbonyl (C=O) groups excluding carboxylic acids is 1. The van der Waals surface area contributed by atoms with Gasteiger partial charge in [-0.25, -0.2) is 4.98 Å². The first-order valence-corrected chi connectivity index (χ1v) is 11.6. The van der Waals surface area contributed by atoms with Crippen molar-refractivity contribution >= 4 is 16.9 Å². The monoisotopic (exact) mass is 512 g/mol. The first-order valence-electron chi connectivity index (χ1n) is 11.6. The van der Waals surface area contributed by atoms with Crippen LogP contribution in [0.3, 0.4) is 0 Å². The quantitative estimate of drug-likeness (QED) is 0.377. The third-order valence-corrected chi connectivity index (χ3v) is 4.53. The van der Waals surface area contributed by atoms with Gasteiger partial charge in [0.2, 0.25) is 5.91 Å². The molecule has 1 heterocycles. The molecule has 1 unspecified atom stereocenters. The van der Waals surface area contributed by atoms with Gasteiger partial charge < -0.3 is 16.0 Å². The van der Waals surface area contributed by atoms with Crippen LogP contribution in [0.5, 0.6) is 0 Å². The molecule has 1 atom stereocenters. The number of rotatable bonds is 5. The van der Waals surface area contributed by atoms with E-state index in [9.17, 15) is 31.1 Å². The summed E-state index contributed by atoms with van der Waals surface area (Å²) in [5.41, 5.74) is 6.22. The van der Waals surface area contributed by atoms with Crippen molar-refractivity contribution in [2.24, 2.45) is 17.1 Å². The number of H-pyrrole nitrogens is 1. The molecule has 0 radical (unpaired) electrons. The van der Waals surface area contributed by atoms with Crippen molar-refractivity contribution in [3.8, 4) is 0 Å². The average Bonchev–Trinajstić information content (AvgIpc) is 3.57. The second-order valence-electron chi connectivity index (χ2n) is 8.97. The third-order valence-electron chi connectivity index (χ3n) is 4.53. The van der Waals surface area contributed by atoms with Gasteiger partial charge in [0.1, 0.15) is 5.82 Å². The van der Waals surface area contributed by atoms with E-state index in [-0.39, 0.29) is 13.1 Å². The summed E-state index contributed by atoms with van der Waals surface area (Å²) in [5.74, 6) is -1.64. The number of alkyl halides is 6. The van der Waals surface area contributed by atoms with E-state index in [1.165, 1.54) is 19.3 Å². The van der Waals surface area contributed by atoms with Crippen molar-refractivity contribution in [2.45, 2.75) is 92.7 Å². The molecule has 0 saturated heterocycles. The molecule has 202 valence electrons. The molecular weight excluding hydrogens is 474 g/mol. The van der Waals surface area contributed by atoms with Crippen LogP contribution in [0.2, 0.25) is 0 Å². The Kier molecular flexibility index (Phi) is 13.4. The van der Waals surface area contributed by atoms with Gasteiger partial charge in [-0.2, -0.15) is 26.3 Å². The molecule has 1 aliphatic rings. The molecular formula is C24H38F6N4O. The molecule has 2 aromatic rings. The highest BCUT2D eigenvalue weighted by atomic mass is 19.4. The number of fused-ring (bicyclic) bond motifs is 1. The fraction of sp³-hybridized carbons (Fsp3) is 0.667. The fourth-order valence-corrected chi connectivity index (χ4v) is 1.98. The van der Waals surface area contributed by atoms with Crippen LogP contribution < -0.4 is 11.1 Å². The Bertz CT molecular complexity index is 868. The predicted molar refractivity (Wildman–Crippen MR) is 126 cm³/mol. The highest BCUT2D eigenvalue weighted by Gasteiger charge is 2.43. The highest BCUT2D eigenvalue weighted by Crippen LogP contribution is 2.36. The number of nitrogens with one attached hydrogen (secondary N) is 2. The predicted octanol–water partition coefficient (Wildman–Crippen LogP) is 7.02. The summed E-state index contributed by atoms with van der Waals surface area (Å²) >= 11 is 0. The first kappa shape index (κ1) is 32.7. The number of hydrogen-bond donors (Lipinski definition) is 3. The van der Waals surface area contributed by atoms with Crippen LogP contribution in [0, 0.1) is 11.3 Å². The Labute approximate surface area is 203 Å². The number of halogens is 6. The van der Waals surface area contributed by atoms with E-state index in [2.05, 4.69) is 15.3 Å². The van der Waals surface area contributed by atoms with Gasteiger partial charge in [-0.15, -0.1) is 0 Å². The van der Waals surface area contributed by atoms with Crippen LogP contribution in [0.25, 0.3) is 11.0 Å². The lowest BCUT2D eigenvalue weighted by molar-refractivity contribution is -0.204. The maximum Gasteiger partial charge on any atom is 0.393 e. The summed E-state index contributed by atoms with van der Waals surface area (Å²) in [6.45, 7) is 8.88. The Morgan fingerprint density at radius 3 is 2.00 bits per heavy atom. The van der Waals surface area contributed by atoms with Gasteiger partial charge in [0.15, 0.2) is 0 Å². The number of aromatic nitrogens is 2. The van der Waals surface area contributed by atoms with E-state index in [0.717, 1.165) is 44.3 Å². The van der Waals surface area contributed by atoms with E-state index in [1.54, 1.807) is 18.2 Å². The van der Waals surface area contributed by atoms with Gasteiger partial charge >= 0.3 is 12.4 Å². The minimum Gasteiger partial charge on any atom is -0.352 e. The highest BCUT2D eigenvalue weighted by molar-refractivity contribution is 5.77. The molecule has 1 aliphatic carbocycles. The van der Waals surface area contributed by atoms with Crippen molar-refractivity contribution in [1.82, 2.24) is 15.3 Å². The summed E-state index contributed by atoms with van der Waals surface area (Å²) in [4.78, 5) is 18.8. The van der Waals surface area contributed by atoms with Crippen LogP contribution in [0.15, 0.2) is 18.2 Å². The van der Waals surface area contributed by atoms with E-state index in [0.29, 0.717) is 5.82 Å². The molecule has 1 aromatic heterocycles. The van der Waals surface area contributed by atoms with Gasteiger partial charge in [-0.05, 0) is 17.7 Å². The zero-order chi connectivity index (χ0) is 27.4. The fourth-order valence-electron chi connectivity index (χ4n) is 1.98. The second kappa shape index (κ2) is 14.3. The number of nitrogens with zero attached hydrogens (tertiary/aromatic N) is 1. The molecule has 0 bridgehead atoms. The maximum absolute atomic E-state index is 12.4. The molecule has 0 aliphatic heterocycles.